The fourth-order valence-corrected chi connectivity index (χ4v) is 2.74. The fourth-order valence-electron chi connectivity index (χ4n) is 2.52. The van der Waals surface area contributed by atoms with Gasteiger partial charge in [-0.05, 0) is 24.5 Å². The molecule has 0 spiro atoms. The first-order valence-corrected chi connectivity index (χ1v) is 7.21. The van der Waals surface area contributed by atoms with Gasteiger partial charge >= 0.3 is 0 Å². The number of aliphatic hydroxyl groups excluding tert-OH is 1. The Morgan fingerprint density at radius 3 is 2.37 bits per heavy atom. The third-order valence-electron chi connectivity index (χ3n) is 3.78. The summed E-state index contributed by atoms with van der Waals surface area (Å²) < 4.78 is 12.0. The summed E-state index contributed by atoms with van der Waals surface area (Å²) in [5.41, 5.74) is 1.03. The molecule has 19 heavy (non-hydrogen) atoms. The second-order valence-corrected chi connectivity index (χ2v) is 5.32. The van der Waals surface area contributed by atoms with Crippen molar-refractivity contribution in [2.75, 3.05) is 6.61 Å². The Balaban J connectivity index is 2.13. The monoisotopic (exact) mass is 284 g/mol. The van der Waals surface area contributed by atoms with Crippen LogP contribution in [0.2, 0.25) is 5.02 Å². The summed E-state index contributed by atoms with van der Waals surface area (Å²) in [6.45, 7) is 4.04. The van der Waals surface area contributed by atoms with Gasteiger partial charge in [-0.25, -0.2) is 0 Å². The van der Waals surface area contributed by atoms with Crippen molar-refractivity contribution in [1.82, 2.24) is 0 Å². The van der Waals surface area contributed by atoms with Crippen LogP contribution < -0.4 is 0 Å². The molecule has 1 saturated heterocycles. The lowest BCUT2D eigenvalue weighted by atomic mass is 10.0. The molecule has 1 N–H and O–H groups in total. The highest BCUT2D eigenvalue weighted by Crippen LogP contribution is 2.36. The lowest BCUT2D eigenvalue weighted by Crippen LogP contribution is -2.29. The van der Waals surface area contributed by atoms with Crippen LogP contribution in [0.1, 0.15) is 32.3 Å². The first kappa shape index (κ1) is 14.8. The van der Waals surface area contributed by atoms with Crippen molar-refractivity contribution in [3.8, 4) is 0 Å². The molecule has 0 radical (unpaired) electrons. The van der Waals surface area contributed by atoms with Crippen LogP contribution in [0.25, 0.3) is 0 Å². The Morgan fingerprint density at radius 1 is 1.16 bits per heavy atom. The van der Waals surface area contributed by atoms with E-state index in [0.717, 1.165) is 23.4 Å². The minimum Gasteiger partial charge on any atom is -0.394 e. The Morgan fingerprint density at radius 2 is 1.79 bits per heavy atom. The topological polar surface area (TPSA) is 38.7 Å². The largest absolute Gasteiger partial charge is 0.394 e. The van der Waals surface area contributed by atoms with Gasteiger partial charge in [0, 0.05) is 11.4 Å². The number of aliphatic hydroxyl groups is 1. The van der Waals surface area contributed by atoms with Gasteiger partial charge in [0.05, 0.1) is 12.7 Å². The molecule has 1 heterocycles. The molecule has 0 saturated carbocycles. The normalized spacial score (nSPS) is 25.7. The maximum atomic E-state index is 9.47. The van der Waals surface area contributed by atoms with Gasteiger partial charge in [-0.2, -0.15) is 0 Å². The smallest absolute Gasteiger partial charge is 0.168 e. The van der Waals surface area contributed by atoms with E-state index in [-0.39, 0.29) is 18.8 Å². The van der Waals surface area contributed by atoms with Gasteiger partial charge < -0.3 is 14.6 Å². The maximum Gasteiger partial charge on any atom is 0.168 e. The van der Waals surface area contributed by atoms with E-state index in [1.165, 1.54) is 0 Å². The number of ether oxygens (including phenoxy) is 2. The van der Waals surface area contributed by atoms with Gasteiger partial charge in [0.2, 0.25) is 0 Å². The van der Waals surface area contributed by atoms with Crippen LogP contribution in [0, 0.1) is 0 Å². The van der Waals surface area contributed by atoms with Gasteiger partial charge in [0.1, 0.15) is 6.10 Å². The molecule has 0 unspecified atom stereocenters. The van der Waals surface area contributed by atoms with Gasteiger partial charge in [-0.15, -0.1) is 0 Å². The van der Waals surface area contributed by atoms with Crippen molar-refractivity contribution >= 4 is 11.6 Å². The summed E-state index contributed by atoms with van der Waals surface area (Å²) in [6.07, 6.45) is 1.78. The number of rotatable bonds is 5. The molecule has 1 aliphatic rings. The SMILES string of the molecule is CCC1(CC)O[C@H](CO)[C@@H](Cc2ccccc2Cl)O1. The quantitative estimate of drug-likeness (QED) is 0.902. The van der Waals surface area contributed by atoms with Gasteiger partial charge in [-0.3, -0.25) is 0 Å². The van der Waals surface area contributed by atoms with Crippen LogP contribution >= 0.6 is 11.6 Å². The zero-order chi connectivity index (χ0) is 13.9. The highest BCUT2D eigenvalue weighted by Gasteiger charge is 2.44. The molecule has 2 rings (SSSR count). The van der Waals surface area contributed by atoms with E-state index in [1.54, 1.807) is 0 Å². The summed E-state index contributed by atoms with van der Waals surface area (Å²) in [6, 6.07) is 7.72. The van der Waals surface area contributed by atoms with Crippen molar-refractivity contribution in [1.29, 1.82) is 0 Å². The molecule has 2 atom stereocenters. The summed E-state index contributed by atoms with van der Waals surface area (Å²) >= 11 is 6.17. The lowest BCUT2D eigenvalue weighted by molar-refractivity contribution is -0.181. The lowest BCUT2D eigenvalue weighted by Gasteiger charge is -2.25. The second-order valence-electron chi connectivity index (χ2n) is 4.91. The third-order valence-corrected chi connectivity index (χ3v) is 4.15. The molecular formula is C15H21ClO3. The first-order chi connectivity index (χ1) is 9.14. The molecule has 1 aromatic rings. The van der Waals surface area contributed by atoms with Crippen molar-refractivity contribution < 1.29 is 14.6 Å². The Kier molecular flexibility index (Phi) is 4.85. The summed E-state index contributed by atoms with van der Waals surface area (Å²) in [7, 11) is 0. The third kappa shape index (κ3) is 3.11. The van der Waals surface area contributed by atoms with E-state index in [9.17, 15) is 5.11 Å². The predicted molar refractivity (Wildman–Crippen MR) is 75.3 cm³/mol. The van der Waals surface area contributed by atoms with E-state index in [0.29, 0.717) is 6.42 Å². The first-order valence-electron chi connectivity index (χ1n) is 6.84. The Bertz CT molecular complexity index is 418. The van der Waals surface area contributed by atoms with Crippen LogP contribution in [-0.4, -0.2) is 29.7 Å². The van der Waals surface area contributed by atoms with Crippen LogP contribution in [0.15, 0.2) is 24.3 Å². The number of hydrogen-bond acceptors (Lipinski definition) is 3. The van der Waals surface area contributed by atoms with Crippen LogP contribution in [0.5, 0.6) is 0 Å². The summed E-state index contributed by atoms with van der Waals surface area (Å²) in [4.78, 5) is 0. The van der Waals surface area contributed by atoms with E-state index < -0.39 is 5.79 Å². The molecule has 1 fully saturated rings. The van der Waals surface area contributed by atoms with Crippen molar-refractivity contribution in [2.45, 2.75) is 51.1 Å². The Hall–Kier alpha value is -0.610. The van der Waals surface area contributed by atoms with Crippen LogP contribution in [0.3, 0.4) is 0 Å². The molecule has 0 bridgehead atoms. The molecule has 0 aromatic heterocycles. The summed E-state index contributed by atoms with van der Waals surface area (Å²) in [5.74, 6) is -0.556. The Labute approximate surface area is 119 Å². The highest BCUT2D eigenvalue weighted by molar-refractivity contribution is 6.31. The highest BCUT2D eigenvalue weighted by atomic mass is 35.5. The molecule has 1 aliphatic heterocycles. The average molecular weight is 285 g/mol. The fraction of sp³-hybridized carbons (Fsp3) is 0.600. The van der Waals surface area contributed by atoms with Gasteiger partial charge in [-0.1, -0.05) is 43.6 Å². The molecule has 106 valence electrons. The molecular weight excluding hydrogens is 264 g/mol. The minimum atomic E-state index is -0.556. The molecule has 0 aliphatic carbocycles. The minimum absolute atomic E-state index is 0.0309. The second kappa shape index (κ2) is 6.23. The number of halogens is 1. The zero-order valence-corrected chi connectivity index (χ0v) is 12.2. The molecule has 4 heteroatoms. The van der Waals surface area contributed by atoms with E-state index in [4.69, 9.17) is 21.1 Å². The van der Waals surface area contributed by atoms with Gasteiger partial charge in [0.15, 0.2) is 5.79 Å². The zero-order valence-electron chi connectivity index (χ0n) is 11.4. The van der Waals surface area contributed by atoms with E-state index >= 15 is 0 Å². The average Bonchev–Trinajstić information content (AvgIpc) is 2.80. The van der Waals surface area contributed by atoms with E-state index in [1.807, 2.05) is 38.1 Å². The molecule has 0 amide bonds. The van der Waals surface area contributed by atoms with Gasteiger partial charge in [0.25, 0.3) is 0 Å². The molecule has 3 nitrogen and oxygen atoms in total. The maximum absolute atomic E-state index is 9.47. The molecule has 1 aromatic carbocycles. The number of benzene rings is 1. The van der Waals surface area contributed by atoms with Crippen molar-refractivity contribution in [2.24, 2.45) is 0 Å². The van der Waals surface area contributed by atoms with E-state index in [2.05, 4.69) is 0 Å². The van der Waals surface area contributed by atoms with Crippen molar-refractivity contribution in [3.05, 3.63) is 34.9 Å². The predicted octanol–water partition coefficient (Wildman–Crippen LogP) is 3.18. The number of hydrogen-bond donors (Lipinski definition) is 1. The van der Waals surface area contributed by atoms with Crippen LogP contribution in [-0.2, 0) is 15.9 Å². The summed E-state index contributed by atoms with van der Waals surface area (Å²) in [5, 5.41) is 10.2. The van der Waals surface area contributed by atoms with Crippen molar-refractivity contribution in [3.63, 3.8) is 0 Å². The van der Waals surface area contributed by atoms with Crippen LogP contribution in [0.4, 0.5) is 0 Å². The standard InChI is InChI=1S/C15H21ClO3/c1-3-15(4-2)18-13(14(10-17)19-15)9-11-7-5-6-8-12(11)16/h5-8,13-14,17H,3-4,9-10H2,1-2H3/t13-,14-/m1/s1.